The number of para-hydroxylation sites is 1. The Labute approximate surface area is 239 Å². The lowest BCUT2D eigenvalue weighted by molar-refractivity contribution is -0.148. The van der Waals surface area contributed by atoms with Gasteiger partial charge >= 0.3 is 22.3 Å². The van der Waals surface area contributed by atoms with E-state index in [2.05, 4.69) is 11.1 Å². The highest BCUT2D eigenvalue weighted by atomic mass is 32.3. The number of aliphatic carboxylic acids is 2. The summed E-state index contributed by atoms with van der Waals surface area (Å²) < 4.78 is 35.9. The fraction of sp³-hybridized carbons (Fsp3) is 0.690. The zero-order valence-electron chi connectivity index (χ0n) is 23.8. The molecule has 0 aliphatic heterocycles. The third-order valence-electron chi connectivity index (χ3n) is 6.86. The number of amides is 1. The maximum absolute atomic E-state index is 13.3. The zero-order valence-corrected chi connectivity index (χ0v) is 24.6. The van der Waals surface area contributed by atoms with Gasteiger partial charge in [0.1, 0.15) is 6.04 Å². The summed E-state index contributed by atoms with van der Waals surface area (Å²) in [4.78, 5) is 37.4. The Morgan fingerprint density at radius 3 is 1.65 bits per heavy atom. The highest BCUT2D eigenvalue weighted by Gasteiger charge is 2.33. The van der Waals surface area contributed by atoms with Crippen LogP contribution >= 0.6 is 0 Å². The molecule has 0 saturated carbocycles. The largest absolute Gasteiger partial charge is 0.481 e. The standard InChI is InChI=1S/C29H47NO9S/c1-2-3-4-5-6-7-8-9-10-11-12-13-14-15-16-19-22-30(25(29(34)35)23-27(31)32)28(33)24-20-17-18-21-26(24)39-40(36,37)38/h17-18,20-21,25H,2-16,19,22-23H2,1H3,(H,31,32)(H,34,35)(H,36,37,38). The molecule has 40 heavy (non-hydrogen) atoms. The van der Waals surface area contributed by atoms with E-state index >= 15 is 0 Å². The first-order valence-electron chi connectivity index (χ1n) is 14.6. The predicted molar refractivity (Wildman–Crippen MR) is 153 cm³/mol. The molecule has 1 aromatic rings. The number of carbonyl (C=O) groups excluding carboxylic acids is 1. The highest BCUT2D eigenvalue weighted by Crippen LogP contribution is 2.24. The summed E-state index contributed by atoms with van der Waals surface area (Å²) in [6.07, 6.45) is 17.7. The molecule has 0 fully saturated rings. The van der Waals surface area contributed by atoms with Gasteiger partial charge in [-0.3, -0.25) is 14.1 Å². The number of carboxylic acids is 2. The molecule has 1 atom stereocenters. The minimum absolute atomic E-state index is 0.0261. The summed E-state index contributed by atoms with van der Waals surface area (Å²) in [7, 11) is -4.94. The van der Waals surface area contributed by atoms with Gasteiger partial charge in [-0.05, 0) is 18.6 Å². The normalized spacial score (nSPS) is 12.2. The van der Waals surface area contributed by atoms with E-state index in [0.717, 1.165) is 36.6 Å². The van der Waals surface area contributed by atoms with Crippen molar-refractivity contribution in [1.82, 2.24) is 4.90 Å². The smallest absolute Gasteiger partial charge is 0.446 e. The van der Waals surface area contributed by atoms with Crippen molar-refractivity contribution in [3.8, 4) is 5.75 Å². The zero-order chi connectivity index (χ0) is 29.8. The van der Waals surface area contributed by atoms with E-state index in [0.29, 0.717) is 6.42 Å². The Balaban J connectivity index is 2.52. The molecule has 1 aromatic carbocycles. The molecule has 1 rings (SSSR count). The van der Waals surface area contributed by atoms with Crippen LogP contribution in [0.3, 0.4) is 0 Å². The molecule has 0 radical (unpaired) electrons. The van der Waals surface area contributed by atoms with E-state index in [-0.39, 0.29) is 12.1 Å². The molecule has 11 heteroatoms. The number of benzene rings is 1. The van der Waals surface area contributed by atoms with Crippen LogP contribution in [0.1, 0.15) is 126 Å². The maximum Gasteiger partial charge on any atom is 0.446 e. The van der Waals surface area contributed by atoms with E-state index in [1.807, 2.05) is 0 Å². The van der Waals surface area contributed by atoms with Crippen LogP contribution in [0.5, 0.6) is 5.75 Å². The topological polar surface area (TPSA) is 159 Å². The first-order valence-corrected chi connectivity index (χ1v) is 15.9. The number of nitrogens with zero attached hydrogens (tertiary/aromatic N) is 1. The second kappa shape index (κ2) is 20.3. The molecule has 0 aliphatic rings. The summed E-state index contributed by atoms with van der Waals surface area (Å²) in [5, 5.41) is 18.9. The Kier molecular flexibility index (Phi) is 17.9. The van der Waals surface area contributed by atoms with Crippen molar-refractivity contribution in [2.45, 2.75) is 122 Å². The number of unbranched alkanes of at least 4 members (excludes halogenated alkanes) is 15. The quantitative estimate of drug-likeness (QED) is 0.0909. The van der Waals surface area contributed by atoms with Crippen molar-refractivity contribution in [3.05, 3.63) is 29.8 Å². The highest BCUT2D eigenvalue weighted by molar-refractivity contribution is 7.81. The fourth-order valence-electron chi connectivity index (χ4n) is 4.71. The molecule has 1 unspecified atom stereocenters. The Bertz CT molecular complexity index is 997. The predicted octanol–water partition coefficient (Wildman–Crippen LogP) is 6.50. The lowest BCUT2D eigenvalue weighted by Crippen LogP contribution is -2.47. The minimum Gasteiger partial charge on any atom is -0.481 e. The van der Waals surface area contributed by atoms with Crippen molar-refractivity contribution in [3.63, 3.8) is 0 Å². The van der Waals surface area contributed by atoms with Crippen molar-refractivity contribution in [2.75, 3.05) is 6.54 Å². The molecule has 0 aliphatic carbocycles. The maximum atomic E-state index is 13.3. The van der Waals surface area contributed by atoms with E-state index in [9.17, 15) is 33.0 Å². The van der Waals surface area contributed by atoms with Gasteiger partial charge in [0, 0.05) is 6.54 Å². The van der Waals surface area contributed by atoms with Crippen LogP contribution in [0.25, 0.3) is 0 Å². The SMILES string of the molecule is CCCCCCCCCCCCCCCCCCN(C(=O)c1ccccc1OS(=O)(=O)O)C(CC(=O)O)C(=O)O. The van der Waals surface area contributed by atoms with E-state index in [1.54, 1.807) is 0 Å². The summed E-state index contributed by atoms with van der Waals surface area (Å²) in [6.45, 7) is 2.21. The van der Waals surface area contributed by atoms with Gasteiger partial charge in [0.25, 0.3) is 5.91 Å². The van der Waals surface area contributed by atoms with E-state index in [1.165, 1.54) is 88.8 Å². The molecule has 0 aromatic heterocycles. The summed E-state index contributed by atoms with van der Waals surface area (Å²) in [6, 6.07) is 3.51. The van der Waals surface area contributed by atoms with Crippen molar-refractivity contribution in [1.29, 1.82) is 0 Å². The van der Waals surface area contributed by atoms with Crippen molar-refractivity contribution < 1.29 is 41.8 Å². The summed E-state index contributed by atoms with van der Waals surface area (Å²) in [5.41, 5.74) is -0.298. The first kappa shape index (κ1) is 35.4. The summed E-state index contributed by atoms with van der Waals surface area (Å²) >= 11 is 0. The monoisotopic (exact) mass is 585 g/mol. The van der Waals surface area contributed by atoms with Gasteiger partial charge in [-0.2, -0.15) is 8.42 Å². The molecule has 3 N–H and O–H groups in total. The van der Waals surface area contributed by atoms with Gasteiger partial charge in [-0.15, -0.1) is 0 Å². The lowest BCUT2D eigenvalue weighted by Gasteiger charge is -2.28. The Morgan fingerprint density at radius 1 is 0.775 bits per heavy atom. The molecular weight excluding hydrogens is 538 g/mol. The molecular formula is C29H47NO9S. The van der Waals surface area contributed by atoms with Crippen LogP contribution in [0.15, 0.2) is 24.3 Å². The number of rotatable bonds is 24. The minimum atomic E-state index is -4.94. The van der Waals surface area contributed by atoms with E-state index in [4.69, 9.17) is 4.55 Å². The Morgan fingerprint density at radius 2 is 1.23 bits per heavy atom. The molecule has 10 nitrogen and oxygen atoms in total. The van der Waals surface area contributed by atoms with Crippen LogP contribution in [-0.4, -0.2) is 58.5 Å². The molecule has 228 valence electrons. The van der Waals surface area contributed by atoms with Crippen LogP contribution in [-0.2, 0) is 20.0 Å². The molecule has 0 heterocycles. The second-order valence-electron chi connectivity index (χ2n) is 10.3. The number of hydrogen-bond acceptors (Lipinski definition) is 6. The molecule has 1 amide bonds. The third kappa shape index (κ3) is 15.8. The number of hydrogen-bond donors (Lipinski definition) is 3. The van der Waals surface area contributed by atoms with Crippen molar-refractivity contribution >= 4 is 28.2 Å². The van der Waals surface area contributed by atoms with Crippen LogP contribution < -0.4 is 4.18 Å². The average Bonchev–Trinajstić information content (AvgIpc) is 2.88. The molecule has 0 spiro atoms. The van der Waals surface area contributed by atoms with Gasteiger partial charge in [-0.25, -0.2) is 4.79 Å². The molecule has 0 bridgehead atoms. The third-order valence-corrected chi connectivity index (χ3v) is 7.25. The van der Waals surface area contributed by atoms with Crippen LogP contribution in [0.2, 0.25) is 0 Å². The number of carbonyl (C=O) groups is 3. The number of carboxylic acid groups (broad SMARTS) is 2. The second-order valence-corrected chi connectivity index (χ2v) is 11.3. The van der Waals surface area contributed by atoms with Gasteiger partial charge in [-0.1, -0.05) is 115 Å². The van der Waals surface area contributed by atoms with Gasteiger partial charge in [0.15, 0.2) is 5.75 Å². The van der Waals surface area contributed by atoms with Crippen LogP contribution in [0.4, 0.5) is 0 Å². The fourth-order valence-corrected chi connectivity index (χ4v) is 5.08. The molecule has 0 saturated heterocycles. The Hall–Kier alpha value is -2.66. The summed E-state index contributed by atoms with van der Waals surface area (Å²) in [5.74, 6) is -4.25. The van der Waals surface area contributed by atoms with E-state index < -0.39 is 46.5 Å². The lowest BCUT2D eigenvalue weighted by atomic mass is 10.0. The average molecular weight is 586 g/mol. The van der Waals surface area contributed by atoms with Gasteiger partial charge in [0.2, 0.25) is 0 Å². The van der Waals surface area contributed by atoms with Gasteiger partial charge in [0.05, 0.1) is 12.0 Å². The first-order chi connectivity index (χ1) is 19.1. The van der Waals surface area contributed by atoms with Gasteiger partial charge < -0.3 is 19.3 Å². The van der Waals surface area contributed by atoms with Crippen molar-refractivity contribution in [2.24, 2.45) is 0 Å². The van der Waals surface area contributed by atoms with Crippen LogP contribution in [0, 0.1) is 0 Å².